The van der Waals surface area contributed by atoms with E-state index in [1.165, 1.54) is 5.56 Å². The Hall–Kier alpha value is -3.35. The Bertz CT molecular complexity index is 1310. The van der Waals surface area contributed by atoms with Crippen LogP contribution >= 0.6 is 0 Å². The number of hydrogen-bond donors (Lipinski definition) is 1. The van der Waals surface area contributed by atoms with Crippen molar-refractivity contribution in [1.29, 1.82) is 0 Å². The van der Waals surface area contributed by atoms with E-state index in [1.807, 2.05) is 63.1 Å². The molecule has 2 aliphatic heterocycles. The van der Waals surface area contributed by atoms with Gasteiger partial charge in [0.05, 0.1) is 5.69 Å². The van der Waals surface area contributed by atoms with Crippen molar-refractivity contribution in [3.63, 3.8) is 0 Å². The summed E-state index contributed by atoms with van der Waals surface area (Å²) in [7, 11) is 0. The fourth-order valence-electron chi connectivity index (χ4n) is 5.69. The zero-order chi connectivity index (χ0) is 25.8. The number of aryl methyl sites for hydroxylation is 1. The van der Waals surface area contributed by atoms with Gasteiger partial charge in [0.1, 0.15) is 5.60 Å². The number of pyridine rings is 1. The lowest BCUT2D eigenvalue weighted by Gasteiger charge is -2.26. The van der Waals surface area contributed by atoms with E-state index in [4.69, 9.17) is 4.74 Å². The summed E-state index contributed by atoms with van der Waals surface area (Å²) in [5.74, 6) is 0.945. The first kappa shape index (κ1) is 24.3. The molecule has 1 aromatic carbocycles. The molecule has 3 aromatic rings. The van der Waals surface area contributed by atoms with Crippen LogP contribution < -0.4 is 0 Å². The van der Waals surface area contributed by atoms with Crippen LogP contribution in [-0.2, 0) is 4.74 Å². The highest BCUT2D eigenvalue weighted by Crippen LogP contribution is 2.37. The van der Waals surface area contributed by atoms with Gasteiger partial charge >= 0.3 is 6.09 Å². The zero-order valence-corrected chi connectivity index (χ0v) is 22.1. The molecule has 36 heavy (non-hydrogen) atoms. The fraction of sp³-hybridized carbons (Fsp3) is 0.483. The number of carbonyl (C=O) groups is 2. The van der Waals surface area contributed by atoms with Crippen LogP contribution in [0.2, 0.25) is 0 Å². The fourth-order valence-corrected chi connectivity index (χ4v) is 5.69. The molecule has 2 saturated heterocycles. The second kappa shape index (κ2) is 8.95. The largest absolute Gasteiger partial charge is 0.444 e. The lowest BCUT2D eigenvalue weighted by atomic mass is 9.95. The van der Waals surface area contributed by atoms with Crippen LogP contribution in [0.25, 0.3) is 22.2 Å². The van der Waals surface area contributed by atoms with E-state index in [2.05, 4.69) is 29.9 Å². The lowest BCUT2D eigenvalue weighted by Crippen LogP contribution is -2.38. The van der Waals surface area contributed by atoms with E-state index in [0.29, 0.717) is 43.6 Å². The van der Waals surface area contributed by atoms with Gasteiger partial charge in [-0.2, -0.15) is 0 Å². The molecule has 2 aliphatic rings. The smallest absolute Gasteiger partial charge is 0.410 e. The minimum absolute atomic E-state index is 0.0623. The number of rotatable bonds is 3. The number of benzene rings is 1. The Morgan fingerprint density at radius 3 is 2.31 bits per heavy atom. The van der Waals surface area contributed by atoms with Crippen LogP contribution in [0.15, 0.2) is 36.5 Å². The molecule has 5 rings (SSSR count). The number of carbonyl (C=O) groups excluding carboxylic acids is 2. The van der Waals surface area contributed by atoms with Crippen molar-refractivity contribution in [1.82, 2.24) is 19.8 Å². The van der Waals surface area contributed by atoms with Gasteiger partial charge in [0.15, 0.2) is 0 Å². The highest BCUT2D eigenvalue weighted by Gasteiger charge is 2.44. The minimum Gasteiger partial charge on any atom is -0.444 e. The minimum atomic E-state index is -0.501. The van der Waals surface area contributed by atoms with Crippen molar-refractivity contribution < 1.29 is 14.3 Å². The first-order valence-corrected chi connectivity index (χ1v) is 12.9. The van der Waals surface area contributed by atoms with Crippen molar-refractivity contribution in [2.75, 3.05) is 26.2 Å². The SMILES string of the molecule is Cc1cc(-c2[nH]c3ccc(C(=O)N4CC5CN(C(=O)OC(C)(C)C)CC5C4)cc3c2C(C)C)ccn1. The first-order chi connectivity index (χ1) is 17.0. The van der Waals surface area contributed by atoms with E-state index < -0.39 is 5.60 Å². The molecule has 2 atom stereocenters. The molecule has 2 amide bonds. The summed E-state index contributed by atoms with van der Waals surface area (Å²) in [6.45, 7) is 14.7. The van der Waals surface area contributed by atoms with Crippen LogP contribution in [0.1, 0.15) is 62.2 Å². The summed E-state index contributed by atoms with van der Waals surface area (Å²) in [4.78, 5) is 37.7. The van der Waals surface area contributed by atoms with Gasteiger partial charge in [-0.3, -0.25) is 9.78 Å². The van der Waals surface area contributed by atoms with Gasteiger partial charge in [-0.15, -0.1) is 0 Å². The Morgan fingerprint density at radius 1 is 1.03 bits per heavy atom. The number of nitrogens with one attached hydrogen (secondary N) is 1. The van der Waals surface area contributed by atoms with E-state index in [1.54, 1.807) is 4.90 Å². The highest BCUT2D eigenvalue weighted by molar-refractivity contribution is 6.00. The predicted molar refractivity (Wildman–Crippen MR) is 141 cm³/mol. The van der Waals surface area contributed by atoms with Crippen LogP contribution in [0, 0.1) is 18.8 Å². The molecule has 0 spiro atoms. The Labute approximate surface area is 212 Å². The van der Waals surface area contributed by atoms with Crippen molar-refractivity contribution in [3.05, 3.63) is 53.3 Å². The topological polar surface area (TPSA) is 78.5 Å². The van der Waals surface area contributed by atoms with Crippen molar-refractivity contribution in [2.24, 2.45) is 11.8 Å². The first-order valence-electron chi connectivity index (χ1n) is 12.9. The number of ether oxygens (including phenoxy) is 1. The molecule has 0 radical (unpaired) electrons. The summed E-state index contributed by atoms with van der Waals surface area (Å²) in [5.41, 5.74) is 5.64. The van der Waals surface area contributed by atoms with E-state index in [-0.39, 0.29) is 17.9 Å². The molecular weight excluding hydrogens is 452 g/mol. The van der Waals surface area contributed by atoms with Crippen LogP contribution in [0.5, 0.6) is 0 Å². The van der Waals surface area contributed by atoms with Crippen molar-refractivity contribution in [3.8, 4) is 11.3 Å². The molecule has 0 bridgehead atoms. The van der Waals surface area contributed by atoms with E-state index in [0.717, 1.165) is 27.9 Å². The van der Waals surface area contributed by atoms with E-state index in [9.17, 15) is 9.59 Å². The molecule has 2 fully saturated rings. The van der Waals surface area contributed by atoms with Crippen LogP contribution in [-0.4, -0.2) is 63.5 Å². The van der Waals surface area contributed by atoms with E-state index >= 15 is 0 Å². The van der Waals surface area contributed by atoms with Gasteiger partial charge in [0, 0.05) is 71.9 Å². The third-order valence-corrected chi connectivity index (χ3v) is 7.27. The lowest BCUT2D eigenvalue weighted by molar-refractivity contribution is 0.0275. The van der Waals surface area contributed by atoms with Gasteiger partial charge in [-0.25, -0.2) is 4.79 Å². The predicted octanol–water partition coefficient (Wildman–Crippen LogP) is 5.60. The standard InChI is InChI=1S/C29H36N4O3/c1-17(2)25-23-12-20(7-8-24(23)31-26(25)19-9-10-30-18(3)11-19)27(34)32-13-21-15-33(16-22(21)14-32)28(35)36-29(4,5)6/h7-12,17,21-22,31H,13-16H2,1-6H3. The number of nitrogens with zero attached hydrogens (tertiary/aromatic N) is 3. The summed E-state index contributed by atoms with van der Waals surface area (Å²) in [5, 5.41) is 1.09. The van der Waals surface area contributed by atoms with Gasteiger partial charge in [0.25, 0.3) is 5.91 Å². The molecule has 2 unspecified atom stereocenters. The van der Waals surface area contributed by atoms with Gasteiger partial charge in [0.2, 0.25) is 0 Å². The molecule has 2 aromatic heterocycles. The molecule has 0 saturated carbocycles. The number of fused-ring (bicyclic) bond motifs is 2. The number of aromatic nitrogens is 2. The average molecular weight is 489 g/mol. The highest BCUT2D eigenvalue weighted by atomic mass is 16.6. The second-order valence-electron chi connectivity index (χ2n) is 11.6. The Morgan fingerprint density at radius 2 is 1.69 bits per heavy atom. The summed E-state index contributed by atoms with van der Waals surface area (Å²) >= 11 is 0. The van der Waals surface area contributed by atoms with Gasteiger partial charge in [-0.1, -0.05) is 13.8 Å². The van der Waals surface area contributed by atoms with Crippen LogP contribution in [0.4, 0.5) is 4.79 Å². The van der Waals surface area contributed by atoms with Crippen molar-refractivity contribution >= 4 is 22.9 Å². The molecule has 0 aliphatic carbocycles. The quantitative estimate of drug-likeness (QED) is 0.520. The second-order valence-corrected chi connectivity index (χ2v) is 11.6. The summed E-state index contributed by atoms with van der Waals surface area (Å²) in [6.07, 6.45) is 1.58. The normalized spacial score (nSPS) is 19.9. The van der Waals surface area contributed by atoms with Crippen molar-refractivity contribution in [2.45, 2.75) is 53.1 Å². The maximum Gasteiger partial charge on any atom is 0.410 e. The third kappa shape index (κ3) is 4.59. The van der Waals surface area contributed by atoms with Gasteiger partial charge < -0.3 is 19.5 Å². The Kier molecular flexibility index (Phi) is 6.05. The number of hydrogen-bond acceptors (Lipinski definition) is 4. The number of H-pyrrole nitrogens is 1. The average Bonchev–Trinajstić information content (AvgIpc) is 3.48. The molecule has 4 heterocycles. The third-order valence-electron chi connectivity index (χ3n) is 7.27. The maximum absolute atomic E-state index is 13.5. The molecule has 7 nitrogen and oxygen atoms in total. The zero-order valence-electron chi connectivity index (χ0n) is 22.1. The van der Waals surface area contributed by atoms with Gasteiger partial charge in [-0.05, 0) is 69.5 Å². The molecule has 190 valence electrons. The monoisotopic (exact) mass is 488 g/mol. The molecular formula is C29H36N4O3. The maximum atomic E-state index is 13.5. The summed E-state index contributed by atoms with van der Waals surface area (Å²) < 4.78 is 5.54. The molecule has 1 N–H and O–H groups in total. The number of aromatic amines is 1. The number of likely N-dealkylation sites (tertiary alicyclic amines) is 2. The van der Waals surface area contributed by atoms with Crippen LogP contribution in [0.3, 0.4) is 0 Å². The number of amides is 2. The molecule has 7 heteroatoms. The Balaban J connectivity index is 1.35. The summed E-state index contributed by atoms with van der Waals surface area (Å²) in [6, 6.07) is 10.1.